The molecule has 432 valence electrons. The minimum Gasteiger partial charge on any atom is -0.454 e. The van der Waals surface area contributed by atoms with Gasteiger partial charge in [-0.05, 0) is 64.2 Å². The molecule has 1 rings (SSSR count). The summed E-state index contributed by atoms with van der Waals surface area (Å²) in [6, 6.07) is -1.03. The van der Waals surface area contributed by atoms with Crippen molar-refractivity contribution in [3.8, 4) is 0 Å². The van der Waals surface area contributed by atoms with Crippen LogP contribution in [0.5, 0.6) is 0 Å². The van der Waals surface area contributed by atoms with Gasteiger partial charge in [-0.25, -0.2) is 0 Å². The minimum atomic E-state index is -1.61. The lowest BCUT2D eigenvalue weighted by atomic mass is 9.99. The van der Waals surface area contributed by atoms with Crippen LogP contribution in [0.4, 0.5) is 0 Å². The van der Waals surface area contributed by atoms with Crippen molar-refractivity contribution in [3.63, 3.8) is 0 Å². The topological polar surface area (TPSA) is 175 Å². The zero-order valence-corrected chi connectivity index (χ0v) is 47.7. The number of unbranched alkanes of at least 4 members (excludes halogenated alkanes) is 32. The van der Waals surface area contributed by atoms with E-state index >= 15 is 0 Å². The Morgan fingerprint density at radius 2 is 0.932 bits per heavy atom. The highest BCUT2D eigenvalue weighted by Crippen LogP contribution is 2.26. The summed E-state index contributed by atoms with van der Waals surface area (Å²) < 4.78 is 17.6. The molecule has 1 aliphatic rings. The van der Waals surface area contributed by atoms with Gasteiger partial charge in [-0.3, -0.25) is 9.59 Å². The summed E-state index contributed by atoms with van der Waals surface area (Å²) in [7, 11) is 0. The van der Waals surface area contributed by atoms with Gasteiger partial charge in [0.2, 0.25) is 5.91 Å². The summed E-state index contributed by atoms with van der Waals surface area (Å²) in [5.74, 6) is -1.20. The van der Waals surface area contributed by atoms with Crippen LogP contribution in [-0.2, 0) is 23.8 Å². The first-order valence-corrected chi connectivity index (χ1v) is 30.9. The van der Waals surface area contributed by atoms with E-state index in [2.05, 4.69) is 62.5 Å². The zero-order valence-electron chi connectivity index (χ0n) is 47.7. The first-order valence-electron chi connectivity index (χ1n) is 30.9. The molecule has 1 amide bonds. The van der Waals surface area contributed by atoms with E-state index in [0.29, 0.717) is 12.8 Å². The van der Waals surface area contributed by atoms with Crippen LogP contribution in [0.1, 0.15) is 278 Å². The summed E-state index contributed by atoms with van der Waals surface area (Å²) in [6.07, 6.45) is 51.5. The second kappa shape index (κ2) is 51.4. The Hall–Kier alpha value is -2.38. The lowest BCUT2D eigenvalue weighted by Crippen LogP contribution is -2.61. The molecule has 1 heterocycles. The SMILES string of the molecule is CCCCC/C=C\C/C=C\C/C=C\CCCCCCCCCC(O)C(=O)NC(COC1OC(CO)C(O)C(O)C1OC(=O)CCCCCCCCCCCCCCCC)C(O)/C=C/CCCCCCCCCCC. The molecule has 6 N–H and O–H groups in total. The monoisotopic (exact) mass is 1050 g/mol. The van der Waals surface area contributed by atoms with Crippen LogP contribution in [0.3, 0.4) is 0 Å². The van der Waals surface area contributed by atoms with E-state index < -0.39 is 67.4 Å². The number of ether oxygens (including phenoxy) is 3. The molecule has 0 aliphatic carbocycles. The van der Waals surface area contributed by atoms with Gasteiger partial charge in [-0.2, -0.15) is 0 Å². The van der Waals surface area contributed by atoms with E-state index in [9.17, 15) is 35.1 Å². The maximum Gasteiger partial charge on any atom is 0.306 e. The predicted molar refractivity (Wildman–Crippen MR) is 306 cm³/mol. The van der Waals surface area contributed by atoms with Crippen molar-refractivity contribution in [1.29, 1.82) is 0 Å². The molecular weight excluding hydrogens is 931 g/mol. The molecule has 0 spiro atoms. The molecule has 8 unspecified atom stereocenters. The number of hydrogen-bond donors (Lipinski definition) is 6. The number of esters is 1. The van der Waals surface area contributed by atoms with Crippen LogP contribution in [0.25, 0.3) is 0 Å². The smallest absolute Gasteiger partial charge is 0.306 e. The van der Waals surface area contributed by atoms with Gasteiger partial charge in [-0.15, -0.1) is 0 Å². The second-order valence-electron chi connectivity index (χ2n) is 21.4. The molecule has 0 bridgehead atoms. The van der Waals surface area contributed by atoms with Crippen molar-refractivity contribution in [3.05, 3.63) is 48.6 Å². The van der Waals surface area contributed by atoms with E-state index in [1.807, 2.05) is 6.08 Å². The molecule has 0 radical (unpaired) electrons. The third-order valence-electron chi connectivity index (χ3n) is 14.5. The van der Waals surface area contributed by atoms with E-state index in [1.165, 1.54) is 148 Å². The predicted octanol–water partition coefficient (Wildman–Crippen LogP) is 14.4. The summed E-state index contributed by atoms with van der Waals surface area (Å²) in [5.41, 5.74) is 0. The van der Waals surface area contributed by atoms with Gasteiger partial charge in [0, 0.05) is 6.42 Å². The summed E-state index contributed by atoms with van der Waals surface area (Å²) in [6.45, 7) is 5.76. The number of carbonyl (C=O) groups excluding carboxylic acids is 2. The summed E-state index contributed by atoms with van der Waals surface area (Å²) in [4.78, 5) is 26.5. The molecular formula is C63H115NO10. The Morgan fingerprint density at radius 1 is 0.527 bits per heavy atom. The average Bonchev–Trinajstić information content (AvgIpc) is 3.40. The Bertz CT molecular complexity index is 1390. The van der Waals surface area contributed by atoms with Crippen molar-refractivity contribution < 1.29 is 49.3 Å². The van der Waals surface area contributed by atoms with Gasteiger partial charge in [-0.1, -0.05) is 256 Å². The minimum absolute atomic E-state index is 0.126. The highest BCUT2D eigenvalue weighted by Gasteiger charge is 2.47. The van der Waals surface area contributed by atoms with Crippen molar-refractivity contribution in [1.82, 2.24) is 5.32 Å². The fraction of sp³-hybridized carbons (Fsp3) is 0.841. The third-order valence-corrected chi connectivity index (χ3v) is 14.5. The molecule has 0 aromatic carbocycles. The molecule has 1 aliphatic heterocycles. The molecule has 0 aromatic heterocycles. The molecule has 1 saturated heterocycles. The lowest BCUT2D eigenvalue weighted by Gasteiger charge is -2.41. The lowest BCUT2D eigenvalue weighted by molar-refractivity contribution is -0.305. The van der Waals surface area contributed by atoms with Gasteiger partial charge in [0.25, 0.3) is 0 Å². The highest BCUT2D eigenvalue weighted by atomic mass is 16.7. The van der Waals surface area contributed by atoms with Gasteiger partial charge in [0.1, 0.15) is 24.4 Å². The standard InChI is InChI=1S/C63H115NO10/c1-4-7-10-13-16-19-22-24-26-27-28-29-30-31-32-35-38-41-44-47-50-56(67)62(71)64-54(55(66)49-46-43-40-37-34-21-18-15-12-9-6-3)53-72-63-61(60(70)59(69)57(52-65)73-63)74-58(68)51-48-45-42-39-36-33-25-23-20-17-14-11-8-5-2/h16,19,24,26,28-29,46,49,54-57,59-61,63,65-67,69-70H,4-15,17-18,20-23,25,27,30-45,47-48,50-53H2,1-3H3,(H,64,71)/b19-16-,26-24-,29-28-,49-46+. The molecule has 0 saturated carbocycles. The van der Waals surface area contributed by atoms with E-state index in [1.54, 1.807) is 6.08 Å². The Balaban J connectivity index is 2.67. The zero-order chi connectivity index (χ0) is 54.0. The summed E-state index contributed by atoms with van der Waals surface area (Å²) in [5, 5.41) is 56.9. The number of rotatable bonds is 52. The number of nitrogens with one attached hydrogen (secondary N) is 1. The maximum atomic E-state index is 13.4. The van der Waals surface area contributed by atoms with Gasteiger partial charge in [0.15, 0.2) is 12.4 Å². The average molecular weight is 1050 g/mol. The molecule has 74 heavy (non-hydrogen) atoms. The van der Waals surface area contributed by atoms with Crippen molar-refractivity contribution in [2.75, 3.05) is 13.2 Å². The Labute approximate surface area is 453 Å². The normalized spacial score (nSPS) is 19.6. The Morgan fingerprint density at radius 3 is 1.42 bits per heavy atom. The fourth-order valence-electron chi connectivity index (χ4n) is 9.54. The Kier molecular flexibility index (Phi) is 48.3. The fourth-order valence-corrected chi connectivity index (χ4v) is 9.54. The van der Waals surface area contributed by atoms with Crippen LogP contribution < -0.4 is 5.32 Å². The van der Waals surface area contributed by atoms with Crippen LogP contribution >= 0.6 is 0 Å². The first kappa shape index (κ1) is 69.6. The van der Waals surface area contributed by atoms with Crippen LogP contribution in [0, 0.1) is 0 Å². The first-order chi connectivity index (χ1) is 36.2. The van der Waals surface area contributed by atoms with Gasteiger partial charge < -0.3 is 45.1 Å². The largest absolute Gasteiger partial charge is 0.454 e. The number of aliphatic hydroxyl groups excluding tert-OH is 5. The van der Waals surface area contributed by atoms with Gasteiger partial charge >= 0.3 is 5.97 Å². The number of allylic oxidation sites excluding steroid dienone is 7. The molecule has 0 aromatic rings. The molecule has 8 atom stereocenters. The van der Waals surface area contributed by atoms with Crippen molar-refractivity contribution in [2.45, 2.75) is 327 Å². The van der Waals surface area contributed by atoms with Crippen LogP contribution in [0.15, 0.2) is 48.6 Å². The number of hydrogen-bond acceptors (Lipinski definition) is 10. The number of amides is 1. The third kappa shape index (κ3) is 39.1. The van der Waals surface area contributed by atoms with Gasteiger partial charge in [0.05, 0.1) is 25.4 Å². The van der Waals surface area contributed by atoms with Crippen molar-refractivity contribution in [2.24, 2.45) is 0 Å². The number of carbonyl (C=O) groups is 2. The maximum absolute atomic E-state index is 13.4. The molecule has 1 fully saturated rings. The van der Waals surface area contributed by atoms with Crippen LogP contribution in [0.2, 0.25) is 0 Å². The van der Waals surface area contributed by atoms with E-state index in [4.69, 9.17) is 14.2 Å². The number of aliphatic hydroxyl groups is 5. The van der Waals surface area contributed by atoms with E-state index in [-0.39, 0.29) is 19.4 Å². The van der Waals surface area contributed by atoms with Crippen molar-refractivity contribution >= 4 is 11.9 Å². The second-order valence-corrected chi connectivity index (χ2v) is 21.4. The van der Waals surface area contributed by atoms with E-state index in [0.717, 1.165) is 83.5 Å². The summed E-state index contributed by atoms with van der Waals surface area (Å²) >= 11 is 0. The quantitative estimate of drug-likeness (QED) is 0.0195. The molecule has 11 nitrogen and oxygen atoms in total. The highest BCUT2D eigenvalue weighted by molar-refractivity contribution is 5.80. The van der Waals surface area contributed by atoms with Crippen LogP contribution in [-0.4, -0.2) is 99.6 Å². The molecule has 11 heteroatoms.